The number of carboxylic acid groups (broad SMARTS) is 2. The number of carbonyl (C=O) groups excluding carboxylic acids is 2. The van der Waals surface area contributed by atoms with Crippen LogP contribution in [0.4, 0.5) is 0 Å². The molecule has 9 nitrogen and oxygen atoms in total. The largest absolute Gasteiger partial charge is 0.481 e. The average Bonchev–Trinajstić information content (AvgIpc) is 3.52. The molecule has 4 fully saturated rings. The van der Waals surface area contributed by atoms with Gasteiger partial charge in [0.2, 0.25) is 5.91 Å². The van der Waals surface area contributed by atoms with Crippen LogP contribution < -0.4 is 5.32 Å². The topological polar surface area (TPSA) is 133 Å². The first-order valence-electron chi connectivity index (χ1n) is 20.9. The van der Waals surface area contributed by atoms with Crippen molar-refractivity contribution in [3.05, 3.63) is 53.6 Å². The molecular formula is C46H66N2O7. The average molecular weight is 759 g/mol. The number of esters is 1. The number of nitrogens with zero attached hydrogens (tertiary/aromatic N) is 1. The lowest BCUT2D eigenvalue weighted by atomic mass is 9.32. The molecule has 4 saturated carbocycles. The van der Waals surface area contributed by atoms with E-state index in [1.54, 1.807) is 12.1 Å². The summed E-state index contributed by atoms with van der Waals surface area (Å²) in [6, 6.07) is 7.47. The summed E-state index contributed by atoms with van der Waals surface area (Å²) >= 11 is 0. The summed E-state index contributed by atoms with van der Waals surface area (Å²) in [5.74, 6) is -0.0651. The SMILES string of the molecule is C=C(C)[C@@H]1CC[C@]2(C(=O)NCCN(C)CCOC(=O)CCC(=O)O)CC[C@]3(C)[C@H](CC[C@@H]4[C@@]5(C)CC=C(c6ccc(C(=O)O)cc6)C(C)(C)[C@@H]5CC[C@]43C)[C@@H]12. The molecule has 0 bridgehead atoms. The fourth-order valence-electron chi connectivity index (χ4n) is 13.7. The fraction of sp³-hybridized carbons (Fsp3) is 0.696. The lowest BCUT2D eigenvalue weighted by Gasteiger charge is -2.72. The first-order chi connectivity index (χ1) is 25.8. The van der Waals surface area contributed by atoms with Crippen LogP contribution in [0.1, 0.15) is 128 Å². The number of hydrogen-bond acceptors (Lipinski definition) is 6. The number of aliphatic carboxylic acids is 1. The Morgan fingerprint density at radius 1 is 0.873 bits per heavy atom. The zero-order chi connectivity index (χ0) is 40.1. The Kier molecular flexibility index (Phi) is 11.3. The van der Waals surface area contributed by atoms with Crippen molar-refractivity contribution >= 4 is 29.4 Å². The van der Waals surface area contributed by atoms with Crippen molar-refractivity contribution < 1.29 is 34.1 Å². The van der Waals surface area contributed by atoms with E-state index in [-0.39, 0.29) is 52.9 Å². The molecule has 1 aromatic carbocycles. The van der Waals surface area contributed by atoms with Gasteiger partial charge in [-0.25, -0.2) is 4.79 Å². The molecule has 1 amide bonds. The Bertz CT molecular complexity index is 1720. The summed E-state index contributed by atoms with van der Waals surface area (Å²) in [6.07, 6.45) is 11.7. The van der Waals surface area contributed by atoms with Crippen LogP contribution in [0.5, 0.6) is 0 Å². The summed E-state index contributed by atoms with van der Waals surface area (Å²) in [5.41, 5.74) is 3.99. The molecule has 3 N–H and O–H groups in total. The molecule has 0 saturated heterocycles. The van der Waals surface area contributed by atoms with Gasteiger partial charge in [0.15, 0.2) is 0 Å². The summed E-state index contributed by atoms with van der Waals surface area (Å²) in [4.78, 5) is 50.7. The van der Waals surface area contributed by atoms with Crippen LogP contribution in [0.2, 0.25) is 0 Å². The molecule has 0 aromatic heterocycles. The Morgan fingerprint density at radius 2 is 1.58 bits per heavy atom. The van der Waals surface area contributed by atoms with Crippen LogP contribution in [-0.4, -0.2) is 72.2 Å². The summed E-state index contributed by atoms with van der Waals surface area (Å²) in [5, 5.41) is 21.7. The fourth-order valence-corrected chi connectivity index (χ4v) is 13.7. The van der Waals surface area contributed by atoms with Crippen LogP contribution in [0.25, 0.3) is 5.57 Å². The monoisotopic (exact) mass is 758 g/mol. The molecule has 0 heterocycles. The second-order valence-electron chi connectivity index (χ2n) is 19.4. The predicted octanol–water partition coefficient (Wildman–Crippen LogP) is 8.49. The number of hydrogen-bond donors (Lipinski definition) is 3. The number of amides is 1. The molecule has 5 aliphatic carbocycles. The van der Waals surface area contributed by atoms with Crippen molar-refractivity contribution in [2.75, 3.05) is 33.3 Å². The number of allylic oxidation sites excluding steroid dienone is 3. The maximum Gasteiger partial charge on any atom is 0.335 e. The van der Waals surface area contributed by atoms with Gasteiger partial charge >= 0.3 is 17.9 Å². The van der Waals surface area contributed by atoms with Gasteiger partial charge in [-0.3, -0.25) is 14.4 Å². The molecule has 9 atom stereocenters. The Morgan fingerprint density at radius 3 is 2.24 bits per heavy atom. The van der Waals surface area contributed by atoms with Crippen molar-refractivity contribution in [1.29, 1.82) is 0 Å². The van der Waals surface area contributed by atoms with Gasteiger partial charge in [-0.15, -0.1) is 0 Å². The highest BCUT2D eigenvalue weighted by molar-refractivity contribution is 5.88. The van der Waals surface area contributed by atoms with E-state index in [0.717, 1.165) is 44.1 Å². The van der Waals surface area contributed by atoms with Crippen LogP contribution in [0.3, 0.4) is 0 Å². The van der Waals surface area contributed by atoms with Crippen molar-refractivity contribution in [2.45, 2.75) is 112 Å². The molecule has 1 aromatic rings. The second kappa shape index (κ2) is 15.1. The van der Waals surface area contributed by atoms with Crippen molar-refractivity contribution in [1.82, 2.24) is 10.2 Å². The van der Waals surface area contributed by atoms with Gasteiger partial charge in [0, 0.05) is 19.6 Å². The third-order valence-corrected chi connectivity index (χ3v) is 16.6. The molecule has 0 radical (unpaired) electrons. The van der Waals surface area contributed by atoms with Gasteiger partial charge in [-0.2, -0.15) is 0 Å². The van der Waals surface area contributed by atoms with E-state index in [4.69, 9.17) is 9.84 Å². The summed E-state index contributed by atoms with van der Waals surface area (Å²) in [7, 11) is 1.94. The van der Waals surface area contributed by atoms with Crippen molar-refractivity contribution in [2.24, 2.45) is 56.7 Å². The van der Waals surface area contributed by atoms with Crippen LogP contribution in [-0.2, 0) is 19.1 Å². The normalized spacial score (nSPS) is 36.0. The molecule has 6 rings (SSSR count). The quantitative estimate of drug-likeness (QED) is 0.135. The van der Waals surface area contributed by atoms with E-state index in [2.05, 4.69) is 59.5 Å². The Labute approximate surface area is 328 Å². The third kappa shape index (κ3) is 6.99. The zero-order valence-corrected chi connectivity index (χ0v) is 34.5. The Balaban J connectivity index is 1.18. The minimum atomic E-state index is -1.02. The lowest BCUT2D eigenvalue weighted by molar-refractivity contribution is -0.225. The third-order valence-electron chi connectivity index (χ3n) is 16.6. The highest BCUT2D eigenvalue weighted by atomic mass is 16.5. The molecule has 0 aliphatic heterocycles. The van der Waals surface area contributed by atoms with Gasteiger partial charge in [0.1, 0.15) is 6.61 Å². The number of benzene rings is 1. The van der Waals surface area contributed by atoms with E-state index in [9.17, 15) is 24.3 Å². The van der Waals surface area contributed by atoms with Gasteiger partial charge in [-0.05, 0) is 146 Å². The van der Waals surface area contributed by atoms with Crippen LogP contribution >= 0.6 is 0 Å². The maximum absolute atomic E-state index is 14.5. The summed E-state index contributed by atoms with van der Waals surface area (Å²) < 4.78 is 5.20. The predicted molar refractivity (Wildman–Crippen MR) is 214 cm³/mol. The number of ether oxygens (including phenoxy) is 1. The van der Waals surface area contributed by atoms with Gasteiger partial charge < -0.3 is 25.2 Å². The van der Waals surface area contributed by atoms with E-state index < -0.39 is 23.3 Å². The minimum absolute atomic E-state index is 0.0480. The molecule has 5 aliphatic rings. The van der Waals surface area contributed by atoms with E-state index >= 15 is 0 Å². The first kappa shape index (κ1) is 41.2. The van der Waals surface area contributed by atoms with E-state index in [1.807, 2.05) is 24.1 Å². The number of likely N-dealkylation sites (N-methyl/N-ethyl adjacent to an activating group) is 1. The molecule has 55 heavy (non-hydrogen) atoms. The highest BCUT2D eigenvalue weighted by Gasteiger charge is 2.71. The minimum Gasteiger partial charge on any atom is -0.481 e. The number of aromatic carboxylic acids is 1. The standard InChI is InChI=1S/C46H66N2O7/c1-29(2)32-17-22-46(41(54)47-25-26-48(8)27-28-55-38(51)16-15-37(49)50)24-23-44(6)34(39(32)46)13-14-36-43(5)20-18-33(30-9-11-31(12-10-30)40(52)53)42(3,4)35(43)19-21-45(36,44)7/h9-12,18,32,34-36,39H,1,13-17,19-28H2,2-8H3,(H,47,54)(H,49,50)(H,52,53)/t32-,34+,35-,36+,39+,43-,44+,45+,46-/m0/s1. The maximum atomic E-state index is 14.5. The van der Waals surface area contributed by atoms with Gasteiger partial charge in [0.05, 0.1) is 23.8 Å². The lowest BCUT2D eigenvalue weighted by Crippen LogP contribution is -2.66. The molecule has 302 valence electrons. The van der Waals surface area contributed by atoms with E-state index in [1.165, 1.54) is 30.4 Å². The number of fused-ring (bicyclic) bond motifs is 7. The van der Waals surface area contributed by atoms with Gasteiger partial charge in [0.25, 0.3) is 0 Å². The first-order valence-corrected chi connectivity index (χ1v) is 20.9. The van der Waals surface area contributed by atoms with Crippen LogP contribution in [0.15, 0.2) is 42.5 Å². The molecule has 0 spiro atoms. The smallest absolute Gasteiger partial charge is 0.335 e. The van der Waals surface area contributed by atoms with Crippen molar-refractivity contribution in [3.8, 4) is 0 Å². The molecule has 0 unspecified atom stereocenters. The number of rotatable bonds is 13. The zero-order valence-electron chi connectivity index (χ0n) is 34.5. The second-order valence-corrected chi connectivity index (χ2v) is 19.4. The van der Waals surface area contributed by atoms with Gasteiger partial charge in [-0.1, -0.05) is 65.0 Å². The molecule has 9 heteroatoms. The van der Waals surface area contributed by atoms with E-state index in [0.29, 0.717) is 48.9 Å². The van der Waals surface area contributed by atoms with Crippen molar-refractivity contribution in [3.63, 3.8) is 0 Å². The number of carboxylic acids is 2. The number of nitrogens with one attached hydrogen (secondary N) is 1. The molecular weight excluding hydrogens is 693 g/mol. The Hall–Kier alpha value is -3.46. The van der Waals surface area contributed by atoms with Crippen LogP contribution in [0, 0.1) is 56.7 Å². The summed E-state index contributed by atoms with van der Waals surface area (Å²) in [6.45, 7) is 21.2. The highest BCUT2D eigenvalue weighted by Crippen LogP contribution is 2.77. The number of carbonyl (C=O) groups is 4.